The van der Waals surface area contributed by atoms with E-state index in [0.29, 0.717) is 12.5 Å². The summed E-state index contributed by atoms with van der Waals surface area (Å²) in [6, 6.07) is 15.4. The minimum absolute atomic E-state index is 0.478. The van der Waals surface area contributed by atoms with Crippen LogP contribution < -0.4 is 16.4 Å². The van der Waals surface area contributed by atoms with E-state index >= 15 is 0 Å². The van der Waals surface area contributed by atoms with Crippen LogP contribution >= 0.6 is 0 Å². The maximum absolute atomic E-state index is 6.29. The first-order valence-electron chi connectivity index (χ1n) is 6.64. The van der Waals surface area contributed by atoms with E-state index in [1.807, 2.05) is 48.5 Å². The molecule has 1 aliphatic heterocycles. The van der Waals surface area contributed by atoms with Gasteiger partial charge < -0.3 is 10.6 Å². The van der Waals surface area contributed by atoms with E-state index in [9.17, 15) is 0 Å². The van der Waals surface area contributed by atoms with Crippen molar-refractivity contribution in [2.24, 2.45) is 15.7 Å². The molecule has 0 aliphatic carbocycles. The van der Waals surface area contributed by atoms with Crippen LogP contribution in [0.3, 0.4) is 0 Å². The van der Waals surface area contributed by atoms with Crippen LogP contribution in [0.15, 0.2) is 64.7 Å². The molecule has 1 aromatic heterocycles. The first kappa shape index (κ1) is 13.3. The Kier molecular flexibility index (Phi) is 3.61. The van der Waals surface area contributed by atoms with Gasteiger partial charge in [-0.3, -0.25) is 10.7 Å². The monoisotopic (exact) mass is 280 g/mol. The fourth-order valence-electron chi connectivity index (χ4n) is 2.02. The summed E-state index contributed by atoms with van der Waals surface area (Å²) < 4.78 is 0. The van der Waals surface area contributed by atoms with Crippen molar-refractivity contribution in [2.45, 2.75) is 12.3 Å². The minimum Gasteiger partial charge on any atom is -0.349 e. The molecular formula is C15H16N6. The van der Waals surface area contributed by atoms with Gasteiger partial charge in [0.2, 0.25) is 11.7 Å². The minimum atomic E-state index is -1.00. The predicted octanol–water partition coefficient (Wildman–Crippen LogP) is 0.928. The summed E-state index contributed by atoms with van der Waals surface area (Å²) >= 11 is 0. The molecule has 0 amide bonds. The number of aliphatic imine (C=N–C) groups is 2. The number of aromatic nitrogens is 1. The zero-order valence-electron chi connectivity index (χ0n) is 11.4. The second kappa shape index (κ2) is 5.72. The molecule has 3 rings (SSSR count). The molecule has 1 aromatic carbocycles. The summed E-state index contributed by atoms with van der Waals surface area (Å²) in [5.74, 6) is -0.527. The molecule has 0 spiro atoms. The van der Waals surface area contributed by atoms with Crippen LogP contribution in [0.25, 0.3) is 0 Å². The normalized spacial score (nSPS) is 20.5. The zero-order chi connectivity index (χ0) is 14.5. The number of guanidine groups is 1. The van der Waals surface area contributed by atoms with Crippen molar-refractivity contribution in [1.82, 2.24) is 15.6 Å². The van der Waals surface area contributed by atoms with Gasteiger partial charge in [0.1, 0.15) is 0 Å². The van der Waals surface area contributed by atoms with Crippen molar-refractivity contribution < 1.29 is 0 Å². The van der Waals surface area contributed by atoms with Gasteiger partial charge in [-0.25, -0.2) is 9.98 Å². The standard InChI is InChI=1S/C15H16N6/c16-15(12-6-2-1-3-7-12)20-11-19-14(21-15)18-10-13-8-4-5-9-17-13/h1-9,11H,10,16H2,(H2,18,19,20,21). The fourth-order valence-corrected chi connectivity index (χ4v) is 2.02. The summed E-state index contributed by atoms with van der Waals surface area (Å²) in [5, 5.41) is 6.12. The van der Waals surface area contributed by atoms with E-state index in [4.69, 9.17) is 5.73 Å². The van der Waals surface area contributed by atoms with Gasteiger partial charge in [0.15, 0.2) is 0 Å². The second-order valence-electron chi connectivity index (χ2n) is 4.64. The number of pyridine rings is 1. The molecule has 0 fully saturated rings. The molecule has 1 atom stereocenters. The number of hydrogen-bond donors (Lipinski definition) is 3. The Balaban J connectivity index is 1.75. The lowest BCUT2D eigenvalue weighted by Crippen LogP contribution is -2.52. The van der Waals surface area contributed by atoms with Crippen molar-refractivity contribution in [1.29, 1.82) is 0 Å². The van der Waals surface area contributed by atoms with Crippen molar-refractivity contribution in [3.05, 3.63) is 66.0 Å². The van der Waals surface area contributed by atoms with Gasteiger partial charge in [0.25, 0.3) is 0 Å². The Labute approximate surface area is 122 Å². The summed E-state index contributed by atoms with van der Waals surface area (Å²) in [6.45, 7) is 0.544. The van der Waals surface area contributed by atoms with E-state index in [1.165, 1.54) is 0 Å². The molecule has 6 nitrogen and oxygen atoms in total. The molecule has 2 aromatic rings. The smallest absolute Gasteiger partial charge is 0.223 e. The maximum atomic E-state index is 6.29. The largest absolute Gasteiger partial charge is 0.349 e. The van der Waals surface area contributed by atoms with Gasteiger partial charge >= 0.3 is 0 Å². The predicted molar refractivity (Wildman–Crippen MR) is 82.4 cm³/mol. The van der Waals surface area contributed by atoms with Gasteiger partial charge in [0, 0.05) is 11.8 Å². The van der Waals surface area contributed by atoms with Crippen molar-refractivity contribution in [3.8, 4) is 0 Å². The third-order valence-electron chi connectivity index (χ3n) is 3.12. The topological polar surface area (TPSA) is 87.7 Å². The maximum Gasteiger partial charge on any atom is 0.223 e. The summed E-state index contributed by atoms with van der Waals surface area (Å²) in [6.07, 6.45) is 3.31. The molecule has 106 valence electrons. The molecule has 6 heteroatoms. The lowest BCUT2D eigenvalue weighted by molar-refractivity contribution is 0.428. The van der Waals surface area contributed by atoms with Gasteiger partial charge in [0.05, 0.1) is 18.6 Å². The summed E-state index contributed by atoms with van der Waals surface area (Å²) in [5.41, 5.74) is 8.08. The van der Waals surface area contributed by atoms with Gasteiger partial charge in [-0.05, 0) is 12.1 Å². The van der Waals surface area contributed by atoms with Gasteiger partial charge in [-0.1, -0.05) is 36.4 Å². The Morgan fingerprint density at radius 3 is 2.67 bits per heavy atom. The van der Waals surface area contributed by atoms with Crippen molar-refractivity contribution in [3.63, 3.8) is 0 Å². The Morgan fingerprint density at radius 1 is 1.10 bits per heavy atom. The number of nitrogens with zero attached hydrogens (tertiary/aromatic N) is 3. The number of nitrogens with two attached hydrogens (primary N) is 1. The van der Waals surface area contributed by atoms with Crippen LogP contribution in [0.5, 0.6) is 0 Å². The average Bonchev–Trinajstić information content (AvgIpc) is 2.55. The zero-order valence-corrected chi connectivity index (χ0v) is 11.4. The molecule has 0 saturated carbocycles. The summed E-state index contributed by atoms with van der Waals surface area (Å²) in [4.78, 5) is 12.8. The van der Waals surface area contributed by atoms with Crippen LogP contribution in [0.2, 0.25) is 0 Å². The second-order valence-corrected chi connectivity index (χ2v) is 4.64. The number of hydrogen-bond acceptors (Lipinski definition) is 6. The molecule has 0 radical (unpaired) electrons. The first-order chi connectivity index (χ1) is 10.3. The molecular weight excluding hydrogens is 264 g/mol. The third-order valence-corrected chi connectivity index (χ3v) is 3.12. The van der Waals surface area contributed by atoms with E-state index < -0.39 is 5.79 Å². The van der Waals surface area contributed by atoms with Crippen LogP contribution in [-0.4, -0.2) is 17.3 Å². The molecule has 2 heterocycles. The molecule has 4 N–H and O–H groups in total. The van der Waals surface area contributed by atoms with Crippen LogP contribution in [0.1, 0.15) is 11.3 Å². The molecule has 1 unspecified atom stereocenters. The van der Waals surface area contributed by atoms with E-state index in [1.54, 1.807) is 12.5 Å². The third kappa shape index (κ3) is 3.06. The molecule has 1 aliphatic rings. The van der Waals surface area contributed by atoms with Crippen molar-refractivity contribution >= 4 is 12.3 Å². The Bertz CT molecular complexity index is 652. The lowest BCUT2D eigenvalue weighted by Gasteiger charge is -2.28. The number of benzene rings is 1. The number of nitrogens with one attached hydrogen (secondary N) is 2. The highest BCUT2D eigenvalue weighted by Crippen LogP contribution is 2.17. The van der Waals surface area contributed by atoms with Crippen LogP contribution in [0, 0.1) is 0 Å². The molecule has 0 bridgehead atoms. The lowest BCUT2D eigenvalue weighted by atomic mass is 10.1. The van der Waals surface area contributed by atoms with E-state index in [2.05, 4.69) is 25.6 Å². The van der Waals surface area contributed by atoms with E-state index in [0.717, 1.165) is 11.3 Å². The highest BCUT2D eigenvalue weighted by atomic mass is 15.3. The highest BCUT2D eigenvalue weighted by Gasteiger charge is 2.28. The van der Waals surface area contributed by atoms with Gasteiger partial charge in [-0.2, -0.15) is 0 Å². The summed E-state index contributed by atoms with van der Waals surface area (Å²) in [7, 11) is 0. The Hall–Kier alpha value is -2.73. The first-order valence-corrected chi connectivity index (χ1v) is 6.64. The van der Waals surface area contributed by atoms with E-state index in [-0.39, 0.29) is 0 Å². The molecule has 21 heavy (non-hydrogen) atoms. The molecule has 0 saturated heterocycles. The van der Waals surface area contributed by atoms with Crippen molar-refractivity contribution in [2.75, 3.05) is 0 Å². The quantitative estimate of drug-likeness (QED) is 0.780. The number of rotatable bonds is 3. The SMILES string of the molecule is NC1(c2ccccc2)N=C(NCc2ccccn2)N=CN1. The average molecular weight is 280 g/mol. The van der Waals surface area contributed by atoms with Crippen LogP contribution in [-0.2, 0) is 12.3 Å². The van der Waals surface area contributed by atoms with Crippen LogP contribution in [0.4, 0.5) is 0 Å². The van der Waals surface area contributed by atoms with Gasteiger partial charge in [-0.15, -0.1) is 0 Å². The highest BCUT2D eigenvalue weighted by molar-refractivity contribution is 5.89. The Morgan fingerprint density at radius 2 is 1.90 bits per heavy atom. The fraction of sp³-hybridized carbons (Fsp3) is 0.133.